The molecule has 1 rings (SSSR count). The summed E-state index contributed by atoms with van der Waals surface area (Å²) in [5, 5.41) is 7.03. The minimum Gasteiger partial charge on any atom is -0.469 e. The number of anilines is 1. The summed E-state index contributed by atoms with van der Waals surface area (Å²) in [5.74, 6) is -0.775. The van der Waals surface area contributed by atoms with Gasteiger partial charge in [0.1, 0.15) is 0 Å². The first kappa shape index (κ1) is 15.2. The van der Waals surface area contributed by atoms with E-state index >= 15 is 0 Å². The lowest BCUT2D eigenvalue weighted by Crippen LogP contribution is -2.13. The summed E-state index contributed by atoms with van der Waals surface area (Å²) in [6.07, 6.45) is 2.04. The molecule has 0 amide bonds. The Hall–Kier alpha value is -0.890. The highest BCUT2D eigenvalue weighted by molar-refractivity contribution is 14.2. The van der Waals surface area contributed by atoms with Crippen molar-refractivity contribution in [2.75, 3.05) is 26.1 Å². The number of nitrogens with zero attached hydrogens (tertiary/aromatic N) is 2. The van der Waals surface area contributed by atoms with E-state index in [4.69, 9.17) is 4.74 Å². The van der Waals surface area contributed by atoms with Gasteiger partial charge in [-0.3, -0.25) is 4.79 Å². The highest BCUT2D eigenvalue weighted by atomic mass is 127. The van der Waals surface area contributed by atoms with Gasteiger partial charge in [-0.15, -0.1) is 0 Å². The number of rotatable bonds is 6. The van der Waals surface area contributed by atoms with Crippen molar-refractivity contribution in [3.63, 3.8) is 0 Å². The van der Waals surface area contributed by atoms with Crippen molar-refractivity contribution in [1.29, 1.82) is 0 Å². The van der Waals surface area contributed by atoms with Crippen LogP contribution in [-0.4, -0.2) is 42.3 Å². The van der Waals surface area contributed by atoms with E-state index in [2.05, 4.69) is 37.2 Å². The molecule has 9 heteroatoms. The van der Waals surface area contributed by atoms with Crippen LogP contribution in [0.4, 0.5) is 5.69 Å². The average Bonchev–Trinajstić information content (AvgIpc) is 2.80. The van der Waals surface area contributed by atoms with Crippen LogP contribution in [0.15, 0.2) is 6.20 Å². The van der Waals surface area contributed by atoms with Crippen molar-refractivity contribution < 1.29 is 19.1 Å². The molecule has 0 aliphatic heterocycles. The van der Waals surface area contributed by atoms with Gasteiger partial charge in [0, 0.05) is 6.54 Å². The predicted octanol–water partition coefficient (Wildman–Crippen LogP) is 1.44. The fourth-order valence-corrected chi connectivity index (χ4v) is 2.73. The highest BCUT2D eigenvalue weighted by Gasteiger charge is 2.18. The number of methoxy groups -OCH3 is 2. The van der Waals surface area contributed by atoms with E-state index in [1.165, 1.54) is 20.4 Å². The molecule has 0 saturated carbocycles. The Kier molecular flexibility index (Phi) is 6.34. The van der Waals surface area contributed by atoms with E-state index in [-0.39, 0.29) is 18.8 Å². The minimum atomic E-state index is -0.461. The van der Waals surface area contributed by atoms with Crippen LogP contribution in [0, 0.1) is 0 Å². The van der Waals surface area contributed by atoms with Crippen LogP contribution in [0.5, 0.6) is 0 Å². The maximum absolute atomic E-state index is 11.6. The largest absolute Gasteiger partial charge is 0.469 e. The SMILES string of the molecule is COC(=O)CCNc1cnn(PI)c1C(=O)OC. The molecule has 1 N–H and O–H groups in total. The zero-order chi connectivity index (χ0) is 13.5. The number of hydrogen-bond acceptors (Lipinski definition) is 6. The predicted molar refractivity (Wildman–Crippen MR) is 76.4 cm³/mol. The van der Waals surface area contributed by atoms with Crippen LogP contribution in [0.2, 0.25) is 0 Å². The van der Waals surface area contributed by atoms with Crippen molar-refractivity contribution in [2.45, 2.75) is 6.42 Å². The Balaban J connectivity index is 2.73. The molecule has 1 atom stereocenters. The lowest BCUT2D eigenvalue weighted by Gasteiger charge is -2.07. The van der Waals surface area contributed by atoms with Gasteiger partial charge in [-0.2, -0.15) is 5.10 Å². The first-order chi connectivity index (χ1) is 8.63. The summed E-state index contributed by atoms with van der Waals surface area (Å²) in [4.78, 5) is 22.6. The molecule has 0 saturated heterocycles. The van der Waals surface area contributed by atoms with Crippen molar-refractivity contribution in [3.8, 4) is 0 Å². The monoisotopic (exact) mass is 385 g/mol. The van der Waals surface area contributed by atoms with Gasteiger partial charge >= 0.3 is 11.9 Å². The lowest BCUT2D eigenvalue weighted by atomic mass is 10.3. The molecule has 1 unspecified atom stereocenters. The van der Waals surface area contributed by atoms with Crippen LogP contribution >= 0.6 is 28.4 Å². The van der Waals surface area contributed by atoms with E-state index < -0.39 is 5.97 Å². The first-order valence-electron chi connectivity index (χ1n) is 4.97. The molecule has 1 heterocycles. The van der Waals surface area contributed by atoms with Crippen LogP contribution in [0.3, 0.4) is 0 Å². The summed E-state index contributed by atoms with van der Waals surface area (Å²) in [6.45, 7) is 0.368. The Morgan fingerprint density at radius 3 is 2.78 bits per heavy atom. The van der Waals surface area contributed by atoms with Crippen molar-refractivity contribution in [3.05, 3.63) is 11.9 Å². The van der Waals surface area contributed by atoms with E-state index in [1.807, 2.05) is 0 Å². The third-order valence-electron chi connectivity index (χ3n) is 2.10. The molecule has 0 aliphatic rings. The second kappa shape index (κ2) is 7.52. The fraction of sp³-hybridized carbons (Fsp3) is 0.444. The van der Waals surface area contributed by atoms with Gasteiger partial charge in [-0.25, -0.2) is 9.25 Å². The summed E-state index contributed by atoms with van der Waals surface area (Å²) in [6, 6.07) is 0. The first-order valence-corrected chi connectivity index (χ1v) is 9.03. The smallest absolute Gasteiger partial charge is 0.358 e. The number of esters is 2. The molecule has 100 valence electrons. The lowest BCUT2D eigenvalue weighted by molar-refractivity contribution is -0.140. The van der Waals surface area contributed by atoms with Gasteiger partial charge < -0.3 is 14.8 Å². The summed E-state index contributed by atoms with van der Waals surface area (Å²) in [7, 11) is 2.64. The van der Waals surface area contributed by atoms with Gasteiger partial charge in [-0.05, 0) is 22.0 Å². The Bertz CT molecular complexity index is 437. The number of hydrogen-bond donors (Lipinski definition) is 1. The molecule has 0 fully saturated rings. The summed E-state index contributed by atoms with van der Waals surface area (Å²) < 4.78 is 10.8. The third-order valence-corrected chi connectivity index (χ3v) is 3.97. The molecule has 0 aromatic carbocycles. The number of ether oxygens (including phenoxy) is 2. The minimum absolute atomic E-state index is 0.217. The van der Waals surface area contributed by atoms with Gasteiger partial charge in [0.2, 0.25) is 0 Å². The van der Waals surface area contributed by atoms with Gasteiger partial charge in [-0.1, -0.05) is 0 Å². The maximum Gasteiger partial charge on any atom is 0.358 e. The number of carbonyl (C=O) groups is 2. The normalized spacial score (nSPS) is 10.6. The standard InChI is InChI=1S/C9H13IN3O4P/c1-16-7(14)3-4-11-6-5-12-13(18-10)8(6)9(15)17-2/h5,11,18H,3-4H2,1-2H3. The van der Waals surface area contributed by atoms with E-state index in [9.17, 15) is 9.59 Å². The zero-order valence-corrected chi connectivity index (χ0v) is 13.1. The molecule has 0 radical (unpaired) electrons. The zero-order valence-electron chi connectivity index (χ0n) is 9.90. The van der Waals surface area contributed by atoms with Crippen LogP contribution in [-0.2, 0) is 14.3 Å². The third kappa shape index (κ3) is 3.81. The summed E-state index contributed by atoms with van der Waals surface area (Å²) in [5.41, 5.74) is 0.907. The van der Waals surface area contributed by atoms with Crippen molar-refractivity contribution in [2.24, 2.45) is 0 Å². The fourth-order valence-electron chi connectivity index (χ4n) is 1.24. The number of nitrogens with one attached hydrogen (secondary N) is 1. The van der Waals surface area contributed by atoms with E-state index in [0.717, 1.165) is 0 Å². The molecule has 1 aromatic rings. The maximum atomic E-state index is 11.6. The molecule has 0 spiro atoms. The Morgan fingerprint density at radius 1 is 1.50 bits per heavy atom. The van der Waals surface area contributed by atoms with E-state index in [1.54, 1.807) is 4.45 Å². The number of halogens is 1. The van der Waals surface area contributed by atoms with Crippen LogP contribution < -0.4 is 5.32 Å². The van der Waals surface area contributed by atoms with Gasteiger partial charge in [0.25, 0.3) is 0 Å². The number of carbonyl (C=O) groups excluding carboxylic acids is 2. The Morgan fingerprint density at radius 2 is 2.22 bits per heavy atom. The van der Waals surface area contributed by atoms with Crippen LogP contribution in [0.1, 0.15) is 16.9 Å². The van der Waals surface area contributed by atoms with Crippen molar-refractivity contribution in [1.82, 2.24) is 9.55 Å². The number of aromatic nitrogens is 2. The topological polar surface area (TPSA) is 82.5 Å². The molecular formula is C9H13IN3O4P. The second-order valence-corrected chi connectivity index (χ2v) is 5.19. The second-order valence-electron chi connectivity index (χ2n) is 3.15. The quantitative estimate of drug-likeness (QED) is 0.454. The highest BCUT2D eigenvalue weighted by Crippen LogP contribution is 2.29. The molecule has 7 nitrogen and oxygen atoms in total. The molecule has 18 heavy (non-hydrogen) atoms. The molecule has 1 aromatic heterocycles. The molecule has 0 aliphatic carbocycles. The van der Waals surface area contributed by atoms with Gasteiger partial charge in [0.15, 0.2) is 5.69 Å². The summed E-state index contributed by atoms with van der Waals surface area (Å²) >= 11 is 2.11. The molecule has 0 bridgehead atoms. The average molecular weight is 385 g/mol. The van der Waals surface area contributed by atoms with Crippen molar-refractivity contribution >= 4 is 46.0 Å². The van der Waals surface area contributed by atoms with Crippen LogP contribution in [0.25, 0.3) is 0 Å². The Labute approximate surface area is 119 Å². The van der Waals surface area contributed by atoms with E-state index in [0.29, 0.717) is 17.9 Å². The van der Waals surface area contributed by atoms with Gasteiger partial charge in [0.05, 0.1) is 38.9 Å². The molecular weight excluding hydrogens is 372 g/mol.